The van der Waals surface area contributed by atoms with Crippen LogP contribution in [0, 0.1) is 0 Å². The SMILES string of the molecule is NCCC[C@H](N)c1ccc(OC(F)(F)F)c(Cl)c1. The third-order valence-corrected chi connectivity index (χ3v) is 2.62. The molecule has 7 heteroatoms. The Kier molecular flexibility index (Phi) is 5.25. The van der Waals surface area contributed by atoms with Crippen molar-refractivity contribution in [3.05, 3.63) is 28.8 Å². The van der Waals surface area contributed by atoms with E-state index >= 15 is 0 Å². The maximum Gasteiger partial charge on any atom is 0.573 e. The van der Waals surface area contributed by atoms with Crippen LogP contribution in [0.25, 0.3) is 0 Å². The van der Waals surface area contributed by atoms with Gasteiger partial charge in [-0.05, 0) is 37.1 Å². The molecule has 0 spiro atoms. The van der Waals surface area contributed by atoms with Gasteiger partial charge in [0.15, 0.2) is 0 Å². The van der Waals surface area contributed by atoms with Crippen molar-refractivity contribution < 1.29 is 17.9 Å². The van der Waals surface area contributed by atoms with Gasteiger partial charge in [-0.25, -0.2) is 0 Å². The van der Waals surface area contributed by atoms with Crippen molar-refractivity contribution >= 4 is 11.6 Å². The van der Waals surface area contributed by atoms with Crippen molar-refractivity contribution in [1.29, 1.82) is 0 Å². The van der Waals surface area contributed by atoms with Crippen LogP contribution in [0.15, 0.2) is 18.2 Å². The van der Waals surface area contributed by atoms with Crippen LogP contribution >= 0.6 is 11.6 Å². The molecule has 0 aliphatic carbocycles. The summed E-state index contributed by atoms with van der Waals surface area (Å²) < 4.78 is 39.8. The van der Waals surface area contributed by atoms with Crippen LogP contribution in [-0.4, -0.2) is 12.9 Å². The van der Waals surface area contributed by atoms with Gasteiger partial charge in [0.25, 0.3) is 0 Å². The second-order valence-corrected chi connectivity index (χ2v) is 4.18. The van der Waals surface area contributed by atoms with Crippen molar-refractivity contribution in [1.82, 2.24) is 0 Å². The van der Waals surface area contributed by atoms with E-state index < -0.39 is 12.1 Å². The highest BCUT2D eigenvalue weighted by Gasteiger charge is 2.32. The fourth-order valence-corrected chi connectivity index (χ4v) is 1.69. The number of ether oxygens (including phenoxy) is 1. The lowest BCUT2D eigenvalue weighted by atomic mass is 10.0. The Bertz CT molecular complexity index is 398. The van der Waals surface area contributed by atoms with E-state index in [9.17, 15) is 13.2 Å². The highest BCUT2D eigenvalue weighted by atomic mass is 35.5. The summed E-state index contributed by atoms with van der Waals surface area (Å²) in [6.07, 6.45) is -3.38. The first-order chi connectivity index (χ1) is 8.33. The molecule has 0 amide bonds. The number of benzene rings is 1. The molecule has 0 heterocycles. The molecule has 3 nitrogen and oxygen atoms in total. The molecule has 0 saturated heterocycles. The molecule has 4 N–H and O–H groups in total. The second-order valence-electron chi connectivity index (χ2n) is 3.78. The van der Waals surface area contributed by atoms with Gasteiger partial charge in [-0.3, -0.25) is 0 Å². The average Bonchev–Trinajstić information content (AvgIpc) is 2.27. The van der Waals surface area contributed by atoms with Crippen LogP contribution in [0.4, 0.5) is 13.2 Å². The number of hydrogen-bond donors (Lipinski definition) is 2. The van der Waals surface area contributed by atoms with Crippen molar-refractivity contribution in [2.45, 2.75) is 25.2 Å². The molecular weight excluding hydrogens is 269 g/mol. The molecule has 102 valence electrons. The molecule has 1 rings (SSSR count). The van der Waals surface area contributed by atoms with E-state index in [1.807, 2.05) is 0 Å². The van der Waals surface area contributed by atoms with Crippen LogP contribution in [0.5, 0.6) is 5.75 Å². The second kappa shape index (κ2) is 6.26. The normalized spacial score (nSPS) is 13.4. The van der Waals surface area contributed by atoms with Gasteiger partial charge >= 0.3 is 6.36 Å². The Hall–Kier alpha value is -0.980. The Labute approximate surface area is 108 Å². The summed E-state index contributed by atoms with van der Waals surface area (Å²) in [5.74, 6) is -0.432. The predicted molar refractivity (Wildman–Crippen MR) is 63.4 cm³/mol. The van der Waals surface area contributed by atoms with Crippen LogP contribution in [-0.2, 0) is 0 Å². The number of rotatable bonds is 5. The predicted octanol–water partition coefficient (Wildman–Crippen LogP) is 2.98. The zero-order valence-corrected chi connectivity index (χ0v) is 10.3. The number of alkyl halides is 3. The van der Waals surface area contributed by atoms with Crippen LogP contribution in [0.3, 0.4) is 0 Å². The maximum atomic E-state index is 12.0. The monoisotopic (exact) mass is 282 g/mol. The number of nitrogens with two attached hydrogens (primary N) is 2. The third kappa shape index (κ3) is 4.72. The van der Waals surface area contributed by atoms with Gasteiger partial charge in [-0.1, -0.05) is 17.7 Å². The first-order valence-electron chi connectivity index (χ1n) is 5.34. The summed E-state index contributed by atoms with van der Waals surface area (Å²) >= 11 is 5.71. The average molecular weight is 283 g/mol. The lowest BCUT2D eigenvalue weighted by molar-refractivity contribution is -0.274. The Morgan fingerprint density at radius 1 is 1.33 bits per heavy atom. The van der Waals surface area contributed by atoms with E-state index in [2.05, 4.69) is 4.74 Å². The van der Waals surface area contributed by atoms with E-state index in [0.29, 0.717) is 18.5 Å². The van der Waals surface area contributed by atoms with Crippen LogP contribution < -0.4 is 16.2 Å². The maximum absolute atomic E-state index is 12.0. The van der Waals surface area contributed by atoms with Gasteiger partial charge in [0.2, 0.25) is 0 Å². The van der Waals surface area contributed by atoms with Gasteiger partial charge in [-0.2, -0.15) is 0 Å². The summed E-state index contributed by atoms with van der Waals surface area (Å²) in [5, 5.41) is -0.118. The largest absolute Gasteiger partial charge is 0.573 e. The van der Waals surface area contributed by atoms with E-state index in [0.717, 1.165) is 12.5 Å². The standard InChI is InChI=1S/C11H14ClF3N2O/c12-8-6-7(9(17)2-1-5-16)3-4-10(8)18-11(13,14)15/h3-4,6,9H,1-2,5,16-17H2/t9-/m0/s1. The summed E-state index contributed by atoms with van der Waals surface area (Å²) in [6.45, 7) is 0.511. The van der Waals surface area contributed by atoms with E-state index in [1.165, 1.54) is 12.1 Å². The summed E-state index contributed by atoms with van der Waals surface area (Å²) in [5.41, 5.74) is 11.9. The van der Waals surface area contributed by atoms with Crippen molar-refractivity contribution in [3.63, 3.8) is 0 Å². The molecule has 0 aliphatic rings. The Morgan fingerprint density at radius 3 is 2.50 bits per heavy atom. The minimum absolute atomic E-state index is 0.118. The molecule has 0 fully saturated rings. The topological polar surface area (TPSA) is 61.3 Å². The molecule has 0 unspecified atom stereocenters. The molecule has 1 atom stereocenters. The fourth-order valence-electron chi connectivity index (χ4n) is 1.46. The molecule has 0 saturated carbocycles. The van der Waals surface area contributed by atoms with Crippen LogP contribution in [0.2, 0.25) is 5.02 Å². The van der Waals surface area contributed by atoms with Gasteiger partial charge in [0, 0.05) is 6.04 Å². The zero-order valence-electron chi connectivity index (χ0n) is 9.51. The summed E-state index contributed by atoms with van der Waals surface area (Å²) in [7, 11) is 0. The summed E-state index contributed by atoms with van der Waals surface area (Å²) in [4.78, 5) is 0. The Balaban J connectivity index is 2.79. The first-order valence-corrected chi connectivity index (χ1v) is 5.72. The molecule has 0 bridgehead atoms. The molecule has 0 aromatic heterocycles. The van der Waals surface area contributed by atoms with Crippen molar-refractivity contribution in [3.8, 4) is 5.75 Å². The zero-order chi connectivity index (χ0) is 13.8. The molecule has 1 aromatic rings. The number of hydrogen-bond acceptors (Lipinski definition) is 3. The lowest BCUT2D eigenvalue weighted by Gasteiger charge is -2.14. The van der Waals surface area contributed by atoms with E-state index in [1.54, 1.807) is 0 Å². The van der Waals surface area contributed by atoms with E-state index in [-0.39, 0.29) is 11.1 Å². The minimum Gasteiger partial charge on any atom is -0.404 e. The highest BCUT2D eigenvalue weighted by Crippen LogP contribution is 2.32. The van der Waals surface area contributed by atoms with Crippen molar-refractivity contribution in [2.75, 3.05) is 6.54 Å². The van der Waals surface area contributed by atoms with Crippen LogP contribution in [0.1, 0.15) is 24.4 Å². The Morgan fingerprint density at radius 2 is 2.00 bits per heavy atom. The fraction of sp³-hybridized carbons (Fsp3) is 0.455. The first kappa shape index (κ1) is 15.1. The third-order valence-electron chi connectivity index (χ3n) is 2.33. The van der Waals surface area contributed by atoms with E-state index in [4.69, 9.17) is 23.1 Å². The molecule has 1 aromatic carbocycles. The molecule has 0 radical (unpaired) electrons. The van der Waals surface area contributed by atoms with Gasteiger partial charge in [-0.15, -0.1) is 13.2 Å². The summed E-state index contributed by atoms with van der Waals surface area (Å²) in [6, 6.07) is 3.71. The smallest absolute Gasteiger partial charge is 0.404 e. The molecule has 18 heavy (non-hydrogen) atoms. The van der Waals surface area contributed by atoms with Gasteiger partial charge in [0.05, 0.1) is 5.02 Å². The highest BCUT2D eigenvalue weighted by molar-refractivity contribution is 6.32. The van der Waals surface area contributed by atoms with Gasteiger partial charge in [0.1, 0.15) is 5.75 Å². The minimum atomic E-state index is -4.76. The molecular formula is C11H14ClF3N2O. The quantitative estimate of drug-likeness (QED) is 0.873. The lowest BCUT2D eigenvalue weighted by Crippen LogP contribution is -2.18. The molecule has 0 aliphatic heterocycles. The van der Waals surface area contributed by atoms with Crippen molar-refractivity contribution in [2.24, 2.45) is 11.5 Å². The number of halogens is 4. The van der Waals surface area contributed by atoms with Gasteiger partial charge < -0.3 is 16.2 Å².